The molecule has 0 N–H and O–H groups in total. The summed E-state index contributed by atoms with van der Waals surface area (Å²) >= 11 is 0. The number of rotatable bonds is 9. The maximum Gasteiger partial charge on any atom is 0.330 e. The molecule has 0 spiro atoms. The van der Waals surface area contributed by atoms with E-state index in [-0.39, 0.29) is 5.97 Å². The molecule has 20 heavy (non-hydrogen) atoms. The van der Waals surface area contributed by atoms with E-state index in [0.29, 0.717) is 12.5 Å². The van der Waals surface area contributed by atoms with E-state index >= 15 is 0 Å². The maximum atomic E-state index is 10.9. The number of allylic oxidation sites excluding steroid dienone is 1. The molecule has 0 bridgehead atoms. The molecule has 3 nitrogen and oxygen atoms in total. The summed E-state index contributed by atoms with van der Waals surface area (Å²) < 4.78 is 10.2. The lowest BCUT2D eigenvalue weighted by Crippen LogP contribution is -1.99. The number of hydrogen-bond acceptors (Lipinski definition) is 3. The first-order valence-electron chi connectivity index (χ1n) is 7.10. The lowest BCUT2D eigenvalue weighted by molar-refractivity contribution is -0.134. The number of unbranched alkanes of at least 4 members (excludes halogenated alkanes) is 1. The quantitative estimate of drug-likeness (QED) is 0.391. The molecule has 0 heterocycles. The minimum atomic E-state index is -0.289. The van der Waals surface area contributed by atoms with E-state index < -0.39 is 0 Å². The first kappa shape index (κ1) is 16.4. The van der Waals surface area contributed by atoms with Crippen LogP contribution in [-0.2, 0) is 20.9 Å². The van der Waals surface area contributed by atoms with Crippen molar-refractivity contribution in [3.63, 3.8) is 0 Å². The summed E-state index contributed by atoms with van der Waals surface area (Å²) in [6.07, 6.45) is 6.60. The van der Waals surface area contributed by atoms with Crippen molar-refractivity contribution in [3.8, 4) is 0 Å². The van der Waals surface area contributed by atoms with Crippen LogP contribution in [0.3, 0.4) is 0 Å². The Morgan fingerprint density at radius 2 is 2.00 bits per heavy atom. The molecule has 0 aliphatic carbocycles. The van der Waals surface area contributed by atoms with Crippen LogP contribution in [-0.4, -0.2) is 19.7 Å². The fraction of sp³-hybridized carbons (Fsp3) is 0.471. The molecule has 0 aliphatic rings. The first-order chi connectivity index (χ1) is 9.72. The number of carbonyl (C=O) groups is 1. The fourth-order valence-electron chi connectivity index (χ4n) is 1.84. The molecule has 0 amide bonds. The van der Waals surface area contributed by atoms with Gasteiger partial charge in [0.15, 0.2) is 0 Å². The number of hydrogen-bond donors (Lipinski definition) is 0. The Morgan fingerprint density at radius 3 is 2.70 bits per heavy atom. The molecule has 1 aromatic rings. The van der Waals surface area contributed by atoms with Crippen molar-refractivity contribution in [1.29, 1.82) is 0 Å². The zero-order chi connectivity index (χ0) is 14.6. The zero-order valence-corrected chi connectivity index (χ0v) is 12.4. The largest absolute Gasteiger partial charge is 0.466 e. The average molecular weight is 276 g/mol. The molecule has 110 valence electrons. The molecule has 1 atom stereocenters. The van der Waals surface area contributed by atoms with Crippen LogP contribution >= 0.6 is 0 Å². The van der Waals surface area contributed by atoms with E-state index in [1.54, 1.807) is 0 Å². The summed E-state index contributed by atoms with van der Waals surface area (Å²) in [5.41, 5.74) is 1.21. The van der Waals surface area contributed by atoms with Gasteiger partial charge in [0.1, 0.15) is 0 Å². The Morgan fingerprint density at radius 1 is 1.25 bits per heavy atom. The maximum absolute atomic E-state index is 10.9. The minimum Gasteiger partial charge on any atom is -0.466 e. The summed E-state index contributed by atoms with van der Waals surface area (Å²) in [7, 11) is 1.39. The Hall–Kier alpha value is -1.61. The third-order valence-electron chi connectivity index (χ3n) is 3.07. The predicted octanol–water partition coefficient (Wildman–Crippen LogP) is 3.74. The second-order valence-corrected chi connectivity index (χ2v) is 4.89. The van der Waals surface area contributed by atoms with E-state index in [1.165, 1.54) is 18.7 Å². The van der Waals surface area contributed by atoms with E-state index in [2.05, 4.69) is 23.8 Å². The summed E-state index contributed by atoms with van der Waals surface area (Å²) in [6.45, 7) is 3.56. The van der Waals surface area contributed by atoms with Crippen LogP contribution in [0, 0.1) is 5.92 Å². The third kappa shape index (κ3) is 7.74. The SMILES string of the molecule is COC(=O)/C=C/[C@@H](C)CCCCOCc1ccccc1. The number of carbonyl (C=O) groups excluding carboxylic acids is 1. The van der Waals surface area contributed by atoms with Gasteiger partial charge >= 0.3 is 5.97 Å². The average Bonchev–Trinajstić information content (AvgIpc) is 2.49. The Balaban J connectivity index is 2.02. The van der Waals surface area contributed by atoms with Gasteiger partial charge in [-0.3, -0.25) is 0 Å². The Bertz CT molecular complexity index is 398. The third-order valence-corrected chi connectivity index (χ3v) is 3.07. The van der Waals surface area contributed by atoms with Crippen LogP contribution in [0.2, 0.25) is 0 Å². The predicted molar refractivity (Wildman–Crippen MR) is 80.3 cm³/mol. The highest BCUT2D eigenvalue weighted by atomic mass is 16.5. The molecule has 0 aromatic heterocycles. The highest BCUT2D eigenvalue weighted by molar-refractivity contribution is 5.81. The molecule has 0 radical (unpaired) electrons. The number of benzene rings is 1. The van der Waals surface area contributed by atoms with Crippen LogP contribution in [0.25, 0.3) is 0 Å². The first-order valence-corrected chi connectivity index (χ1v) is 7.10. The van der Waals surface area contributed by atoms with Crippen molar-refractivity contribution in [2.24, 2.45) is 5.92 Å². The fourth-order valence-corrected chi connectivity index (χ4v) is 1.84. The van der Waals surface area contributed by atoms with Gasteiger partial charge in [0.05, 0.1) is 13.7 Å². The second-order valence-electron chi connectivity index (χ2n) is 4.89. The number of methoxy groups -OCH3 is 1. The van der Waals surface area contributed by atoms with Crippen LogP contribution in [0.1, 0.15) is 31.7 Å². The van der Waals surface area contributed by atoms with E-state index in [9.17, 15) is 4.79 Å². The van der Waals surface area contributed by atoms with Gasteiger partial charge in [0.2, 0.25) is 0 Å². The van der Waals surface area contributed by atoms with Gasteiger partial charge < -0.3 is 9.47 Å². The van der Waals surface area contributed by atoms with Gasteiger partial charge in [-0.05, 0) is 24.3 Å². The highest BCUT2D eigenvalue weighted by Crippen LogP contribution is 2.10. The highest BCUT2D eigenvalue weighted by Gasteiger charge is 1.99. The van der Waals surface area contributed by atoms with Crippen LogP contribution < -0.4 is 0 Å². The van der Waals surface area contributed by atoms with Crippen molar-refractivity contribution in [2.75, 3.05) is 13.7 Å². The van der Waals surface area contributed by atoms with Crippen molar-refractivity contribution in [3.05, 3.63) is 48.0 Å². The van der Waals surface area contributed by atoms with Crippen molar-refractivity contribution in [1.82, 2.24) is 0 Å². The topological polar surface area (TPSA) is 35.5 Å². The molecule has 0 saturated heterocycles. The lowest BCUT2D eigenvalue weighted by Gasteiger charge is -2.07. The van der Waals surface area contributed by atoms with E-state index in [1.807, 2.05) is 24.3 Å². The molecule has 1 rings (SSSR count). The Kier molecular flexibility index (Phi) is 8.40. The summed E-state index contributed by atoms with van der Waals surface area (Å²) in [6, 6.07) is 10.2. The monoisotopic (exact) mass is 276 g/mol. The molecular formula is C17H24O3. The van der Waals surface area contributed by atoms with Gasteiger partial charge in [-0.25, -0.2) is 4.79 Å². The molecule has 0 fully saturated rings. The van der Waals surface area contributed by atoms with Crippen LogP contribution in [0.15, 0.2) is 42.5 Å². The molecule has 1 aromatic carbocycles. The second kappa shape index (κ2) is 10.2. The molecule has 0 unspecified atom stereocenters. The smallest absolute Gasteiger partial charge is 0.330 e. The molecule has 0 saturated carbocycles. The van der Waals surface area contributed by atoms with Crippen molar-refractivity contribution >= 4 is 5.97 Å². The Labute approximate surface area is 121 Å². The normalized spacial score (nSPS) is 12.5. The summed E-state index contributed by atoms with van der Waals surface area (Å²) in [5.74, 6) is 0.103. The molecular weight excluding hydrogens is 252 g/mol. The van der Waals surface area contributed by atoms with Crippen LogP contribution in [0.4, 0.5) is 0 Å². The summed E-state index contributed by atoms with van der Waals surface area (Å²) in [5, 5.41) is 0. The zero-order valence-electron chi connectivity index (χ0n) is 12.4. The van der Waals surface area contributed by atoms with Gasteiger partial charge in [0.25, 0.3) is 0 Å². The van der Waals surface area contributed by atoms with E-state index in [0.717, 1.165) is 25.9 Å². The standard InChI is InChI=1S/C17H24O3/c1-15(11-12-17(18)19-2)8-6-7-13-20-14-16-9-4-3-5-10-16/h3-5,9-12,15H,6-8,13-14H2,1-2H3/b12-11+/t15-/m0/s1. The van der Waals surface area contributed by atoms with Gasteiger partial charge in [-0.15, -0.1) is 0 Å². The van der Waals surface area contributed by atoms with Crippen molar-refractivity contribution in [2.45, 2.75) is 32.8 Å². The number of ether oxygens (including phenoxy) is 2. The van der Waals surface area contributed by atoms with Crippen LogP contribution in [0.5, 0.6) is 0 Å². The van der Waals surface area contributed by atoms with Gasteiger partial charge in [-0.2, -0.15) is 0 Å². The van der Waals surface area contributed by atoms with E-state index in [4.69, 9.17) is 4.74 Å². The molecule has 3 heteroatoms. The van der Waals surface area contributed by atoms with Crippen molar-refractivity contribution < 1.29 is 14.3 Å². The minimum absolute atomic E-state index is 0.289. The lowest BCUT2D eigenvalue weighted by atomic mass is 10.0. The molecule has 0 aliphatic heterocycles. The van der Waals surface area contributed by atoms with Gasteiger partial charge in [0, 0.05) is 12.7 Å². The van der Waals surface area contributed by atoms with Gasteiger partial charge in [-0.1, -0.05) is 49.8 Å². The summed E-state index contributed by atoms with van der Waals surface area (Å²) in [4.78, 5) is 10.9. The number of esters is 1.